The topological polar surface area (TPSA) is 116 Å². The first kappa shape index (κ1) is 25.3. The molecule has 0 radical (unpaired) electrons. The number of urea groups is 1. The average molecular weight is 465 g/mol. The summed E-state index contributed by atoms with van der Waals surface area (Å²) in [5.41, 5.74) is 1.13. The van der Waals surface area contributed by atoms with Crippen LogP contribution in [0.15, 0.2) is 53.4 Å². The van der Waals surface area contributed by atoms with Crippen molar-refractivity contribution < 1.29 is 22.4 Å². The molecule has 2 aromatic carbocycles. The Hall–Kier alpha value is -2.98. The molecule has 0 aliphatic heterocycles. The summed E-state index contributed by atoms with van der Waals surface area (Å²) in [6.07, 6.45) is 1.08. The van der Waals surface area contributed by atoms with Gasteiger partial charge in [-0.2, -0.15) is 0 Å². The van der Waals surface area contributed by atoms with Crippen LogP contribution in [-0.4, -0.2) is 32.4 Å². The van der Waals surface area contributed by atoms with Gasteiger partial charge in [-0.3, -0.25) is 4.79 Å². The summed E-state index contributed by atoms with van der Waals surface area (Å²) in [6, 6.07) is 9.97. The van der Waals surface area contributed by atoms with Gasteiger partial charge in [0.2, 0.25) is 15.9 Å². The van der Waals surface area contributed by atoms with E-state index in [2.05, 4.69) is 20.7 Å². The zero-order chi connectivity index (χ0) is 23.7. The van der Waals surface area contributed by atoms with Crippen LogP contribution in [0.5, 0.6) is 0 Å². The Morgan fingerprint density at radius 2 is 1.62 bits per heavy atom. The number of carbonyl (C=O) groups is 2. The van der Waals surface area contributed by atoms with Gasteiger partial charge in [-0.15, -0.1) is 0 Å². The molecule has 32 heavy (non-hydrogen) atoms. The van der Waals surface area contributed by atoms with Crippen LogP contribution in [0, 0.1) is 5.82 Å². The van der Waals surface area contributed by atoms with Crippen molar-refractivity contribution in [2.24, 2.45) is 0 Å². The van der Waals surface area contributed by atoms with E-state index in [-0.39, 0.29) is 23.3 Å². The van der Waals surface area contributed by atoms with E-state index in [1.54, 1.807) is 26.0 Å². The van der Waals surface area contributed by atoms with Crippen molar-refractivity contribution in [3.05, 3.63) is 59.9 Å². The molecule has 3 amide bonds. The molecule has 2 aromatic rings. The lowest BCUT2D eigenvalue weighted by molar-refractivity contribution is -0.118. The standard InChI is InChI=1S/C22H29FN4O4S/c1-4-5-20(26-22(29)24-14-16-6-8-17(23)9-7-16)21(28)25-18-10-12-19(13-11-18)32(30,31)27-15(2)3/h6-13,15,20,27H,4-5,14H2,1-3H3,(H,25,28)(H2,24,26,29). The van der Waals surface area contributed by atoms with Crippen LogP contribution >= 0.6 is 0 Å². The maximum atomic E-state index is 13.0. The van der Waals surface area contributed by atoms with E-state index in [9.17, 15) is 22.4 Å². The van der Waals surface area contributed by atoms with Crippen molar-refractivity contribution in [2.75, 3.05) is 5.32 Å². The van der Waals surface area contributed by atoms with Gasteiger partial charge in [-0.25, -0.2) is 22.3 Å². The highest BCUT2D eigenvalue weighted by atomic mass is 32.2. The summed E-state index contributed by atoms with van der Waals surface area (Å²) >= 11 is 0. The van der Waals surface area contributed by atoms with Gasteiger partial charge in [-0.05, 0) is 62.2 Å². The third-order valence-corrected chi connectivity index (χ3v) is 6.06. The van der Waals surface area contributed by atoms with Gasteiger partial charge in [0.1, 0.15) is 11.9 Å². The zero-order valence-corrected chi connectivity index (χ0v) is 19.1. The summed E-state index contributed by atoms with van der Waals surface area (Å²) in [5.74, 6) is -0.778. The van der Waals surface area contributed by atoms with E-state index in [4.69, 9.17) is 0 Å². The molecule has 4 N–H and O–H groups in total. The first-order valence-corrected chi connectivity index (χ1v) is 11.8. The van der Waals surface area contributed by atoms with E-state index >= 15 is 0 Å². The molecule has 0 bridgehead atoms. The van der Waals surface area contributed by atoms with Crippen molar-refractivity contribution in [1.82, 2.24) is 15.4 Å². The lowest BCUT2D eigenvalue weighted by atomic mass is 10.1. The highest BCUT2D eigenvalue weighted by Crippen LogP contribution is 2.15. The molecule has 1 unspecified atom stereocenters. The second kappa shape index (κ2) is 11.6. The van der Waals surface area contributed by atoms with Crippen LogP contribution in [-0.2, 0) is 21.4 Å². The van der Waals surface area contributed by atoms with E-state index < -0.39 is 28.0 Å². The first-order chi connectivity index (χ1) is 15.1. The molecule has 0 aliphatic carbocycles. The largest absolute Gasteiger partial charge is 0.334 e. The predicted molar refractivity (Wildman–Crippen MR) is 121 cm³/mol. The number of hydrogen-bond acceptors (Lipinski definition) is 4. The van der Waals surface area contributed by atoms with Crippen molar-refractivity contribution in [1.29, 1.82) is 0 Å². The minimum absolute atomic E-state index is 0.0904. The molecular formula is C22H29FN4O4S. The van der Waals surface area contributed by atoms with Gasteiger partial charge in [0.15, 0.2) is 0 Å². The average Bonchev–Trinajstić information content (AvgIpc) is 2.72. The Kier molecular flexibility index (Phi) is 9.15. The monoisotopic (exact) mass is 464 g/mol. The van der Waals surface area contributed by atoms with Crippen LogP contribution in [0.3, 0.4) is 0 Å². The molecule has 8 nitrogen and oxygen atoms in total. The molecule has 0 aromatic heterocycles. The minimum atomic E-state index is -3.63. The van der Waals surface area contributed by atoms with Crippen molar-refractivity contribution >= 4 is 27.6 Å². The lowest BCUT2D eigenvalue weighted by Crippen LogP contribution is -2.47. The van der Waals surface area contributed by atoms with Gasteiger partial charge in [0.25, 0.3) is 0 Å². The summed E-state index contributed by atoms with van der Waals surface area (Å²) in [6.45, 7) is 5.53. The molecule has 174 valence electrons. The van der Waals surface area contributed by atoms with Crippen molar-refractivity contribution in [2.45, 2.75) is 57.1 Å². The fourth-order valence-electron chi connectivity index (χ4n) is 2.88. The van der Waals surface area contributed by atoms with Gasteiger partial charge in [0.05, 0.1) is 4.90 Å². The number of hydrogen-bond donors (Lipinski definition) is 4. The normalized spacial score (nSPS) is 12.3. The van der Waals surface area contributed by atoms with Crippen LogP contribution in [0.25, 0.3) is 0 Å². The summed E-state index contributed by atoms with van der Waals surface area (Å²) in [4.78, 5) is 25.0. The van der Waals surface area contributed by atoms with Crippen LogP contribution < -0.4 is 20.7 Å². The molecule has 0 aliphatic rings. The Morgan fingerprint density at radius 1 is 1.00 bits per heavy atom. The molecule has 0 saturated carbocycles. The maximum absolute atomic E-state index is 13.0. The van der Waals surface area contributed by atoms with E-state index in [1.165, 1.54) is 36.4 Å². The minimum Gasteiger partial charge on any atom is -0.334 e. The highest BCUT2D eigenvalue weighted by molar-refractivity contribution is 7.89. The SMILES string of the molecule is CCCC(NC(=O)NCc1ccc(F)cc1)C(=O)Nc1ccc(S(=O)(=O)NC(C)C)cc1. The Bertz CT molecular complexity index is 1010. The number of sulfonamides is 1. The molecule has 0 fully saturated rings. The molecule has 1 atom stereocenters. The van der Waals surface area contributed by atoms with Gasteiger partial charge < -0.3 is 16.0 Å². The molecule has 0 saturated heterocycles. The fourth-order valence-corrected chi connectivity index (χ4v) is 4.13. The number of carbonyl (C=O) groups excluding carboxylic acids is 2. The summed E-state index contributed by atoms with van der Waals surface area (Å²) < 4.78 is 39.9. The lowest BCUT2D eigenvalue weighted by Gasteiger charge is -2.18. The number of halogens is 1. The smallest absolute Gasteiger partial charge is 0.315 e. The highest BCUT2D eigenvalue weighted by Gasteiger charge is 2.21. The van der Waals surface area contributed by atoms with Crippen LogP contribution in [0.4, 0.5) is 14.9 Å². The molecular weight excluding hydrogens is 435 g/mol. The molecule has 10 heteroatoms. The maximum Gasteiger partial charge on any atom is 0.315 e. The molecule has 0 heterocycles. The number of rotatable bonds is 10. The number of amides is 3. The second-order valence-electron chi connectivity index (χ2n) is 7.58. The predicted octanol–water partition coefficient (Wildman–Crippen LogP) is 3.12. The number of benzene rings is 2. The van der Waals surface area contributed by atoms with Gasteiger partial charge in [-0.1, -0.05) is 25.5 Å². The van der Waals surface area contributed by atoms with Gasteiger partial charge in [0, 0.05) is 18.3 Å². The van der Waals surface area contributed by atoms with Crippen LogP contribution in [0.1, 0.15) is 39.2 Å². The number of anilines is 1. The quantitative estimate of drug-likeness (QED) is 0.432. The van der Waals surface area contributed by atoms with E-state index in [0.717, 1.165) is 5.56 Å². The van der Waals surface area contributed by atoms with Gasteiger partial charge >= 0.3 is 6.03 Å². The number of nitrogens with one attached hydrogen (secondary N) is 4. The summed E-state index contributed by atoms with van der Waals surface area (Å²) in [5, 5.41) is 7.97. The second-order valence-corrected chi connectivity index (χ2v) is 9.30. The third kappa shape index (κ3) is 7.93. The summed E-state index contributed by atoms with van der Waals surface area (Å²) in [7, 11) is -3.63. The first-order valence-electron chi connectivity index (χ1n) is 10.3. The Balaban J connectivity index is 1.95. The molecule has 0 spiro atoms. The van der Waals surface area contributed by atoms with E-state index in [1.807, 2.05) is 6.92 Å². The molecule has 2 rings (SSSR count). The van der Waals surface area contributed by atoms with Crippen molar-refractivity contribution in [3.63, 3.8) is 0 Å². The van der Waals surface area contributed by atoms with Crippen LogP contribution in [0.2, 0.25) is 0 Å². The Morgan fingerprint density at radius 3 is 2.19 bits per heavy atom. The Labute approximate surface area is 188 Å². The van der Waals surface area contributed by atoms with Crippen molar-refractivity contribution in [3.8, 4) is 0 Å². The third-order valence-electron chi connectivity index (χ3n) is 4.39. The zero-order valence-electron chi connectivity index (χ0n) is 18.3. The van der Waals surface area contributed by atoms with E-state index in [0.29, 0.717) is 18.5 Å². The fraction of sp³-hybridized carbons (Fsp3) is 0.364.